The van der Waals surface area contributed by atoms with Crippen LogP contribution in [0.1, 0.15) is 17.1 Å². The standard InChI is InChI=1S/C21H17BrN4O/c1-13-10-19(17-11-16(22)8-9-18(17)24-13)26-23-12-20-14(2)27-21(25-20)15-6-4-3-5-7-15/h3-12H,1-2H3,(H,24,26)/b23-12+. The molecule has 0 atom stereocenters. The average Bonchev–Trinajstić information content (AvgIpc) is 3.04. The van der Waals surface area contributed by atoms with Crippen molar-refractivity contribution >= 4 is 38.7 Å². The number of halogens is 1. The zero-order chi connectivity index (χ0) is 18.8. The summed E-state index contributed by atoms with van der Waals surface area (Å²) in [4.78, 5) is 9.08. The monoisotopic (exact) mass is 420 g/mol. The first-order valence-corrected chi connectivity index (χ1v) is 9.28. The van der Waals surface area contributed by atoms with E-state index in [1.165, 1.54) is 0 Å². The fraction of sp³-hybridized carbons (Fsp3) is 0.0952. The van der Waals surface area contributed by atoms with E-state index >= 15 is 0 Å². The van der Waals surface area contributed by atoms with Gasteiger partial charge >= 0.3 is 0 Å². The number of hydrazone groups is 1. The Hall–Kier alpha value is -2.99. The Morgan fingerprint density at radius 1 is 1.04 bits per heavy atom. The number of nitrogens with one attached hydrogen (secondary N) is 1. The van der Waals surface area contributed by atoms with Crippen LogP contribution in [0.15, 0.2) is 68.6 Å². The van der Waals surface area contributed by atoms with Gasteiger partial charge in [0.05, 0.1) is 17.4 Å². The molecule has 134 valence electrons. The minimum absolute atomic E-state index is 0.587. The summed E-state index contributed by atoms with van der Waals surface area (Å²) in [5.74, 6) is 1.31. The third-order valence-corrected chi connectivity index (χ3v) is 4.62. The van der Waals surface area contributed by atoms with Crippen molar-refractivity contribution in [1.82, 2.24) is 9.97 Å². The molecule has 0 saturated heterocycles. The van der Waals surface area contributed by atoms with Crippen LogP contribution in [0.2, 0.25) is 0 Å². The number of anilines is 1. The Balaban J connectivity index is 1.61. The van der Waals surface area contributed by atoms with Gasteiger partial charge in [-0.05, 0) is 50.2 Å². The number of nitrogens with zero attached hydrogens (tertiary/aromatic N) is 3. The number of aromatic nitrogens is 2. The second kappa shape index (κ2) is 7.32. The fourth-order valence-corrected chi connectivity index (χ4v) is 3.18. The van der Waals surface area contributed by atoms with Crippen molar-refractivity contribution in [3.8, 4) is 11.5 Å². The zero-order valence-electron chi connectivity index (χ0n) is 14.9. The maximum absolute atomic E-state index is 5.76. The molecule has 2 aromatic carbocycles. The molecule has 0 saturated carbocycles. The minimum Gasteiger partial charge on any atom is -0.441 e. The molecule has 0 aliphatic heterocycles. The maximum Gasteiger partial charge on any atom is 0.226 e. The lowest BCUT2D eigenvalue weighted by molar-refractivity contribution is 0.542. The van der Waals surface area contributed by atoms with Gasteiger partial charge in [0.15, 0.2) is 0 Å². The predicted octanol–water partition coefficient (Wildman–Crippen LogP) is 5.72. The van der Waals surface area contributed by atoms with Crippen LogP contribution in [-0.2, 0) is 0 Å². The molecule has 5 nitrogen and oxygen atoms in total. The van der Waals surface area contributed by atoms with Crippen LogP contribution in [0.5, 0.6) is 0 Å². The Morgan fingerprint density at radius 3 is 2.67 bits per heavy atom. The molecular formula is C21H17BrN4O. The lowest BCUT2D eigenvalue weighted by Crippen LogP contribution is -1.95. The third kappa shape index (κ3) is 3.75. The number of rotatable bonds is 4. The van der Waals surface area contributed by atoms with Crippen molar-refractivity contribution in [2.45, 2.75) is 13.8 Å². The van der Waals surface area contributed by atoms with Crippen molar-refractivity contribution in [1.29, 1.82) is 0 Å². The number of hydrogen-bond acceptors (Lipinski definition) is 5. The molecule has 6 heteroatoms. The summed E-state index contributed by atoms with van der Waals surface area (Å²) in [7, 11) is 0. The van der Waals surface area contributed by atoms with Crippen LogP contribution in [0, 0.1) is 13.8 Å². The van der Waals surface area contributed by atoms with Crippen LogP contribution in [0.25, 0.3) is 22.4 Å². The van der Waals surface area contributed by atoms with E-state index in [0.29, 0.717) is 11.6 Å². The summed E-state index contributed by atoms with van der Waals surface area (Å²) < 4.78 is 6.76. The molecule has 2 aromatic heterocycles. The molecule has 0 aliphatic rings. The van der Waals surface area contributed by atoms with Gasteiger partial charge in [0.2, 0.25) is 5.89 Å². The predicted molar refractivity (Wildman–Crippen MR) is 112 cm³/mol. The zero-order valence-corrected chi connectivity index (χ0v) is 16.5. The molecule has 4 rings (SSSR count). The maximum atomic E-state index is 5.76. The third-order valence-electron chi connectivity index (χ3n) is 4.12. The molecule has 27 heavy (non-hydrogen) atoms. The summed E-state index contributed by atoms with van der Waals surface area (Å²) >= 11 is 3.51. The number of fused-ring (bicyclic) bond motifs is 1. The largest absolute Gasteiger partial charge is 0.441 e. The van der Waals surface area contributed by atoms with Gasteiger partial charge in [-0.15, -0.1) is 0 Å². The second-order valence-corrected chi connectivity index (χ2v) is 7.08. The fourth-order valence-electron chi connectivity index (χ4n) is 2.82. The lowest BCUT2D eigenvalue weighted by atomic mass is 10.1. The van der Waals surface area contributed by atoms with E-state index in [2.05, 4.69) is 36.4 Å². The first-order chi connectivity index (χ1) is 13.1. The van der Waals surface area contributed by atoms with Gasteiger partial charge in [-0.2, -0.15) is 5.10 Å². The van der Waals surface area contributed by atoms with Crippen LogP contribution in [-0.4, -0.2) is 16.2 Å². The SMILES string of the molecule is Cc1cc(N/N=C/c2nc(-c3ccccc3)oc2C)c2cc(Br)ccc2n1. The first-order valence-electron chi connectivity index (χ1n) is 8.49. The molecule has 0 unspecified atom stereocenters. The van der Waals surface area contributed by atoms with E-state index in [-0.39, 0.29) is 0 Å². The highest BCUT2D eigenvalue weighted by molar-refractivity contribution is 9.10. The highest BCUT2D eigenvalue weighted by atomic mass is 79.9. The Bertz CT molecular complexity index is 1140. The van der Waals surface area contributed by atoms with Crippen molar-refractivity contribution in [2.24, 2.45) is 5.10 Å². The Morgan fingerprint density at radius 2 is 1.85 bits per heavy atom. The normalized spacial score (nSPS) is 11.4. The first kappa shape index (κ1) is 17.4. The van der Waals surface area contributed by atoms with Crippen LogP contribution in [0.4, 0.5) is 5.69 Å². The van der Waals surface area contributed by atoms with Gasteiger partial charge in [-0.25, -0.2) is 4.98 Å². The topological polar surface area (TPSA) is 63.3 Å². The average molecular weight is 421 g/mol. The molecule has 0 fully saturated rings. The molecule has 4 aromatic rings. The highest BCUT2D eigenvalue weighted by Gasteiger charge is 2.09. The van der Waals surface area contributed by atoms with E-state index in [1.54, 1.807) is 6.21 Å². The van der Waals surface area contributed by atoms with Crippen molar-refractivity contribution in [3.63, 3.8) is 0 Å². The van der Waals surface area contributed by atoms with Crippen molar-refractivity contribution in [2.75, 3.05) is 5.43 Å². The minimum atomic E-state index is 0.587. The van der Waals surface area contributed by atoms with Crippen LogP contribution < -0.4 is 5.43 Å². The second-order valence-electron chi connectivity index (χ2n) is 6.17. The molecule has 1 N–H and O–H groups in total. The summed E-state index contributed by atoms with van der Waals surface area (Å²) in [6.07, 6.45) is 1.67. The van der Waals surface area contributed by atoms with Gasteiger partial charge in [0.25, 0.3) is 0 Å². The molecule has 0 bridgehead atoms. The van der Waals surface area contributed by atoms with E-state index in [1.807, 2.05) is 68.4 Å². The van der Waals surface area contributed by atoms with E-state index in [0.717, 1.165) is 38.1 Å². The van der Waals surface area contributed by atoms with E-state index < -0.39 is 0 Å². The summed E-state index contributed by atoms with van der Waals surface area (Å²) in [5.41, 5.74) is 7.47. The van der Waals surface area contributed by atoms with Gasteiger partial charge in [0, 0.05) is 21.1 Å². The lowest BCUT2D eigenvalue weighted by Gasteiger charge is -2.07. The number of benzene rings is 2. The summed E-state index contributed by atoms with van der Waals surface area (Å²) in [6.45, 7) is 3.84. The van der Waals surface area contributed by atoms with Crippen LogP contribution >= 0.6 is 15.9 Å². The molecule has 0 spiro atoms. The van der Waals surface area contributed by atoms with Crippen molar-refractivity contribution < 1.29 is 4.42 Å². The highest BCUT2D eigenvalue weighted by Crippen LogP contribution is 2.26. The number of oxazole rings is 1. The molecule has 0 radical (unpaired) electrons. The quantitative estimate of drug-likeness (QED) is 0.338. The van der Waals surface area contributed by atoms with E-state index in [4.69, 9.17) is 4.42 Å². The smallest absolute Gasteiger partial charge is 0.226 e. The number of aryl methyl sites for hydroxylation is 2. The van der Waals surface area contributed by atoms with Gasteiger partial charge < -0.3 is 4.42 Å². The van der Waals surface area contributed by atoms with Gasteiger partial charge in [-0.1, -0.05) is 34.1 Å². The Labute approximate surface area is 165 Å². The van der Waals surface area contributed by atoms with Crippen LogP contribution in [0.3, 0.4) is 0 Å². The number of hydrogen-bond donors (Lipinski definition) is 1. The summed E-state index contributed by atoms with van der Waals surface area (Å²) in [5, 5.41) is 5.35. The molecule has 0 amide bonds. The molecule has 2 heterocycles. The molecular weight excluding hydrogens is 404 g/mol. The molecule has 0 aliphatic carbocycles. The van der Waals surface area contributed by atoms with Gasteiger partial charge in [0.1, 0.15) is 11.5 Å². The Kier molecular flexibility index (Phi) is 4.73. The van der Waals surface area contributed by atoms with E-state index in [9.17, 15) is 0 Å². The van der Waals surface area contributed by atoms with Crippen molar-refractivity contribution in [3.05, 3.63) is 76.2 Å². The van der Waals surface area contributed by atoms with Gasteiger partial charge in [-0.3, -0.25) is 10.4 Å². The number of pyridine rings is 1. The summed E-state index contributed by atoms with van der Waals surface area (Å²) in [6, 6.07) is 17.8.